The van der Waals surface area contributed by atoms with Gasteiger partial charge in [-0.05, 0) is 6.07 Å². The van der Waals surface area contributed by atoms with Crippen LogP contribution in [0.4, 0.5) is 11.4 Å². The molecular weight excluding hydrogens is 352 g/mol. The molecule has 0 amide bonds. The number of fused-ring (bicyclic) bond motifs is 1. The Labute approximate surface area is 163 Å². The van der Waals surface area contributed by atoms with Gasteiger partial charge in [0.25, 0.3) is 0 Å². The van der Waals surface area contributed by atoms with Crippen molar-refractivity contribution in [2.45, 2.75) is 0 Å². The van der Waals surface area contributed by atoms with Gasteiger partial charge < -0.3 is 26.8 Å². The molecule has 3 aliphatic rings. The van der Waals surface area contributed by atoms with Crippen molar-refractivity contribution in [1.82, 2.24) is 9.80 Å². The Morgan fingerprint density at radius 2 is 1.42 bits per heavy atom. The predicted molar refractivity (Wildman–Crippen MR) is 98.7 cm³/mol. The summed E-state index contributed by atoms with van der Waals surface area (Å²) >= 11 is 0. The van der Waals surface area contributed by atoms with Crippen molar-refractivity contribution in [3.63, 3.8) is 0 Å². The molecule has 1 atom stereocenters. The molecule has 0 saturated carbocycles. The predicted octanol–water partition coefficient (Wildman–Crippen LogP) is -3.35. The van der Waals surface area contributed by atoms with E-state index in [-0.39, 0.29) is 12.4 Å². The average Bonchev–Trinajstić information content (AvgIpc) is 3.04. The summed E-state index contributed by atoms with van der Waals surface area (Å²) < 4.78 is 10.9. The molecule has 7 heteroatoms. The molecule has 0 aromatic heterocycles. The first kappa shape index (κ1) is 19.9. The van der Waals surface area contributed by atoms with Crippen LogP contribution in [0.1, 0.15) is 0 Å². The lowest BCUT2D eigenvalue weighted by Crippen LogP contribution is -3.07. The van der Waals surface area contributed by atoms with Crippen LogP contribution >= 0.6 is 0 Å². The van der Waals surface area contributed by atoms with E-state index in [4.69, 9.17) is 9.47 Å². The summed E-state index contributed by atoms with van der Waals surface area (Å²) in [4.78, 5) is 9.23. The fourth-order valence-electron chi connectivity index (χ4n) is 4.07. The van der Waals surface area contributed by atoms with Gasteiger partial charge in [0.15, 0.2) is 12.4 Å². The maximum Gasteiger partial charge on any atom is 0.157 e. The van der Waals surface area contributed by atoms with Gasteiger partial charge in [0, 0.05) is 51.9 Å². The molecule has 0 bridgehead atoms. The Kier molecular flexibility index (Phi) is 7.54. The van der Waals surface area contributed by atoms with Crippen LogP contribution in [-0.4, -0.2) is 95.3 Å². The number of hydrogen-bond donors (Lipinski definition) is 1. The van der Waals surface area contributed by atoms with Gasteiger partial charge in [-0.25, -0.2) is 0 Å². The Hall–Kier alpha value is -0.890. The maximum absolute atomic E-state index is 5.46. The van der Waals surface area contributed by atoms with Gasteiger partial charge in [-0.1, -0.05) is 12.1 Å². The number of quaternary nitrogens is 1. The molecule has 1 aromatic carbocycles. The van der Waals surface area contributed by atoms with Crippen molar-refractivity contribution in [2.24, 2.45) is 0 Å². The Morgan fingerprint density at radius 1 is 0.808 bits per heavy atom. The smallest absolute Gasteiger partial charge is 0.157 e. The number of benzene rings is 1. The van der Waals surface area contributed by atoms with Crippen LogP contribution in [0.25, 0.3) is 0 Å². The molecular formula is C19H31ClN4O2. The van der Waals surface area contributed by atoms with E-state index < -0.39 is 0 Å². The minimum Gasteiger partial charge on any atom is -1.00 e. The van der Waals surface area contributed by atoms with E-state index in [1.165, 1.54) is 17.9 Å². The van der Waals surface area contributed by atoms with Gasteiger partial charge in [0.05, 0.1) is 33.0 Å². The summed E-state index contributed by atoms with van der Waals surface area (Å²) in [6.45, 7) is 13.5. The minimum atomic E-state index is 0. The van der Waals surface area contributed by atoms with Gasteiger partial charge in [0.1, 0.15) is 5.69 Å². The normalized spacial score (nSPS) is 24.3. The first-order valence-corrected chi connectivity index (χ1v) is 9.69. The van der Waals surface area contributed by atoms with Crippen LogP contribution in [0.5, 0.6) is 0 Å². The lowest BCUT2D eigenvalue weighted by molar-refractivity contribution is -0.825. The summed E-state index contributed by atoms with van der Waals surface area (Å²) in [7, 11) is 0. The molecule has 0 radical (unpaired) electrons. The SMILES string of the molecule is [Cl-].c1ccc2c(c1)N(CCN1CCOCC1)C[NH+]2CCN1CCOCC1. The third-order valence-electron chi connectivity index (χ3n) is 5.63. The van der Waals surface area contributed by atoms with Gasteiger partial charge in [-0.2, -0.15) is 0 Å². The van der Waals surface area contributed by atoms with Crippen LogP contribution in [0, 0.1) is 0 Å². The summed E-state index contributed by atoms with van der Waals surface area (Å²) in [5.74, 6) is 0. The van der Waals surface area contributed by atoms with Crippen molar-refractivity contribution in [1.29, 1.82) is 0 Å². The van der Waals surface area contributed by atoms with E-state index in [1.54, 1.807) is 4.90 Å². The van der Waals surface area contributed by atoms with Crippen LogP contribution in [-0.2, 0) is 9.47 Å². The molecule has 4 rings (SSSR count). The van der Waals surface area contributed by atoms with Crippen molar-refractivity contribution >= 4 is 11.4 Å². The zero-order valence-electron chi connectivity index (χ0n) is 15.5. The second-order valence-corrected chi connectivity index (χ2v) is 7.20. The molecule has 0 spiro atoms. The molecule has 1 N–H and O–H groups in total. The van der Waals surface area contributed by atoms with Crippen molar-refractivity contribution in [3.8, 4) is 0 Å². The van der Waals surface area contributed by atoms with Gasteiger partial charge in [-0.15, -0.1) is 0 Å². The van der Waals surface area contributed by atoms with E-state index in [0.29, 0.717) is 0 Å². The molecule has 26 heavy (non-hydrogen) atoms. The number of hydrogen-bond acceptors (Lipinski definition) is 5. The monoisotopic (exact) mass is 382 g/mol. The van der Waals surface area contributed by atoms with Crippen LogP contribution in [0.3, 0.4) is 0 Å². The zero-order valence-corrected chi connectivity index (χ0v) is 16.3. The minimum absolute atomic E-state index is 0. The van der Waals surface area contributed by atoms with E-state index in [2.05, 4.69) is 39.0 Å². The summed E-state index contributed by atoms with van der Waals surface area (Å²) in [5.41, 5.74) is 2.89. The van der Waals surface area contributed by atoms with Gasteiger partial charge in [0.2, 0.25) is 0 Å². The lowest BCUT2D eigenvalue weighted by atomic mass is 10.2. The Balaban J connectivity index is 0.00000196. The van der Waals surface area contributed by atoms with Gasteiger partial charge in [-0.3, -0.25) is 14.7 Å². The summed E-state index contributed by atoms with van der Waals surface area (Å²) in [5, 5.41) is 0. The van der Waals surface area contributed by atoms with Gasteiger partial charge >= 0.3 is 0 Å². The molecule has 0 aliphatic carbocycles. The van der Waals surface area contributed by atoms with E-state index >= 15 is 0 Å². The highest BCUT2D eigenvalue weighted by Gasteiger charge is 2.30. The second kappa shape index (κ2) is 9.88. The summed E-state index contributed by atoms with van der Waals surface area (Å²) in [6, 6.07) is 8.94. The van der Waals surface area contributed by atoms with E-state index in [1.807, 2.05) is 0 Å². The second-order valence-electron chi connectivity index (χ2n) is 7.20. The molecule has 3 aliphatic heterocycles. The number of morpholine rings is 2. The van der Waals surface area contributed by atoms with Crippen LogP contribution < -0.4 is 22.2 Å². The fraction of sp³-hybridized carbons (Fsp3) is 0.684. The number of nitrogens with one attached hydrogen (secondary N) is 1. The highest BCUT2D eigenvalue weighted by molar-refractivity contribution is 5.64. The molecule has 6 nitrogen and oxygen atoms in total. The third-order valence-corrected chi connectivity index (χ3v) is 5.63. The Bertz CT molecular complexity index is 503. The average molecular weight is 383 g/mol. The summed E-state index contributed by atoms with van der Waals surface area (Å²) in [6.07, 6.45) is 0. The number of rotatable bonds is 6. The van der Waals surface area contributed by atoms with E-state index in [0.717, 1.165) is 78.9 Å². The number of ether oxygens (including phenoxy) is 2. The topological polar surface area (TPSA) is 32.6 Å². The molecule has 2 fully saturated rings. The van der Waals surface area contributed by atoms with Crippen molar-refractivity contribution in [2.75, 3.05) is 90.4 Å². The highest BCUT2D eigenvalue weighted by Crippen LogP contribution is 2.25. The van der Waals surface area contributed by atoms with Crippen LogP contribution in [0.15, 0.2) is 24.3 Å². The molecule has 146 valence electrons. The largest absolute Gasteiger partial charge is 1.00 e. The highest BCUT2D eigenvalue weighted by atomic mass is 35.5. The fourth-order valence-corrected chi connectivity index (χ4v) is 4.07. The third kappa shape index (κ3) is 4.88. The first-order chi connectivity index (χ1) is 12.4. The molecule has 2 saturated heterocycles. The van der Waals surface area contributed by atoms with Crippen molar-refractivity contribution in [3.05, 3.63) is 24.3 Å². The molecule has 1 aromatic rings. The van der Waals surface area contributed by atoms with E-state index in [9.17, 15) is 0 Å². The first-order valence-electron chi connectivity index (χ1n) is 9.69. The number of para-hydroxylation sites is 2. The number of halogens is 1. The number of anilines is 1. The lowest BCUT2D eigenvalue weighted by Gasteiger charge is -2.29. The zero-order chi connectivity index (χ0) is 16.9. The quantitative estimate of drug-likeness (QED) is 0.556. The molecule has 3 heterocycles. The standard InChI is InChI=1S/C19H30N4O2.ClH/c1-2-4-19-18(3-1)22(7-5-20-9-13-24-14-10-20)17-23(19)8-6-21-11-15-25-16-12-21;/h1-4H,5-17H2;1H. The van der Waals surface area contributed by atoms with Crippen LogP contribution in [0.2, 0.25) is 0 Å². The Morgan fingerprint density at radius 3 is 2.12 bits per heavy atom. The van der Waals surface area contributed by atoms with Crippen molar-refractivity contribution < 1.29 is 26.8 Å². The number of nitrogens with zero attached hydrogens (tertiary/aromatic N) is 3. The molecule has 1 unspecified atom stereocenters. The maximum atomic E-state index is 5.46.